The first-order chi connectivity index (χ1) is 10.8. The molecule has 0 atom stereocenters. The van der Waals surface area contributed by atoms with Gasteiger partial charge in [-0.3, -0.25) is 4.90 Å². The number of aromatic nitrogens is 4. The number of para-hydroxylation sites is 4. The van der Waals surface area contributed by atoms with Crippen LogP contribution in [-0.2, 0) is 30.5 Å². The number of fused-ring (bicyclic) bond motifs is 2. The first-order valence-corrected chi connectivity index (χ1v) is 7.34. The van der Waals surface area contributed by atoms with Crippen LogP contribution in [0.25, 0.3) is 22.1 Å². The second kappa shape index (κ2) is 7.82. The molecule has 0 unspecified atom stereocenters. The predicted octanol–water partition coefficient (Wildman–Crippen LogP) is 3.49. The standard InChI is InChI=1S/C17H17N5.ClH.Cr/c1-22(10-16-18-12-6-2-3-7-13(12)19-16)11-17-20-14-8-4-5-9-15(14)21-17;;/h2-9H,10-11H2,1H3,(H,18,19)(H,20,21);1H;. The maximum absolute atomic E-state index is 4.61. The summed E-state index contributed by atoms with van der Waals surface area (Å²) in [5.74, 6) is 1.94. The van der Waals surface area contributed by atoms with E-state index in [1.54, 1.807) is 0 Å². The van der Waals surface area contributed by atoms with Crippen molar-refractivity contribution in [3.63, 3.8) is 0 Å². The minimum Gasteiger partial charge on any atom is -0.341 e. The summed E-state index contributed by atoms with van der Waals surface area (Å²) in [4.78, 5) is 18.1. The molecule has 0 aliphatic heterocycles. The molecule has 7 heteroatoms. The molecule has 0 saturated heterocycles. The molecule has 0 aliphatic rings. The zero-order chi connectivity index (χ0) is 14.9. The first-order valence-electron chi connectivity index (χ1n) is 7.34. The monoisotopic (exact) mass is 379 g/mol. The van der Waals surface area contributed by atoms with E-state index in [-0.39, 0.29) is 29.8 Å². The summed E-state index contributed by atoms with van der Waals surface area (Å²) in [6.45, 7) is 1.51. The van der Waals surface area contributed by atoms with Gasteiger partial charge in [0.1, 0.15) is 11.6 Å². The van der Waals surface area contributed by atoms with E-state index in [1.165, 1.54) is 0 Å². The van der Waals surface area contributed by atoms with Crippen molar-refractivity contribution in [1.82, 2.24) is 24.8 Å². The first kappa shape index (κ1) is 18.5. The van der Waals surface area contributed by atoms with Gasteiger partial charge in [-0.1, -0.05) is 24.3 Å². The number of nitrogens with zero attached hydrogens (tertiary/aromatic N) is 3. The average molecular weight is 380 g/mol. The number of hydrogen-bond acceptors (Lipinski definition) is 3. The Kier molecular flexibility index (Phi) is 6.03. The normalized spacial score (nSPS) is 10.8. The summed E-state index contributed by atoms with van der Waals surface area (Å²) in [6.07, 6.45) is 0. The number of halogens is 1. The summed E-state index contributed by atoms with van der Waals surface area (Å²) in [5.41, 5.74) is 4.17. The van der Waals surface area contributed by atoms with Crippen LogP contribution in [0.15, 0.2) is 48.5 Å². The summed E-state index contributed by atoms with van der Waals surface area (Å²) < 4.78 is 0. The molecular weight excluding hydrogens is 362 g/mol. The molecule has 124 valence electrons. The molecule has 0 amide bonds. The number of nitrogens with one attached hydrogen (secondary N) is 2. The summed E-state index contributed by atoms with van der Waals surface area (Å²) in [6, 6.07) is 16.2. The van der Waals surface area contributed by atoms with E-state index in [2.05, 4.69) is 31.9 Å². The maximum atomic E-state index is 4.61. The second-order valence-corrected chi connectivity index (χ2v) is 5.57. The van der Waals surface area contributed by atoms with Crippen LogP contribution >= 0.6 is 12.4 Å². The van der Waals surface area contributed by atoms with Crippen LogP contribution < -0.4 is 0 Å². The number of hydrogen-bond donors (Lipinski definition) is 2. The van der Waals surface area contributed by atoms with Crippen molar-refractivity contribution in [2.75, 3.05) is 7.05 Å². The van der Waals surface area contributed by atoms with Gasteiger partial charge in [0.05, 0.1) is 35.2 Å². The van der Waals surface area contributed by atoms with Crippen molar-refractivity contribution in [2.24, 2.45) is 0 Å². The zero-order valence-corrected chi connectivity index (χ0v) is 15.3. The minimum atomic E-state index is 0. The molecule has 0 aliphatic carbocycles. The summed E-state index contributed by atoms with van der Waals surface area (Å²) in [7, 11) is 2.07. The topological polar surface area (TPSA) is 60.6 Å². The molecule has 0 fully saturated rings. The molecule has 0 spiro atoms. The van der Waals surface area contributed by atoms with E-state index in [9.17, 15) is 0 Å². The zero-order valence-electron chi connectivity index (χ0n) is 13.2. The molecule has 2 aromatic heterocycles. The van der Waals surface area contributed by atoms with Gasteiger partial charge in [0.25, 0.3) is 0 Å². The van der Waals surface area contributed by atoms with Crippen molar-refractivity contribution < 1.29 is 17.4 Å². The van der Waals surface area contributed by atoms with Gasteiger partial charge in [-0.2, -0.15) is 0 Å². The van der Waals surface area contributed by atoms with Gasteiger partial charge in [0, 0.05) is 17.4 Å². The SMILES string of the molecule is CN(Cc1nc2ccccc2[nH]1)Cc1nc2ccccc2[nH]1.Cl.[Cr]. The molecule has 0 radical (unpaired) electrons. The smallest absolute Gasteiger partial charge is 0.121 e. The van der Waals surface area contributed by atoms with Gasteiger partial charge in [-0.25, -0.2) is 9.97 Å². The molecule has 2 heterocycles. The average Bonchev–Trinajstić information content (AvgIpc) is 3.08. The Morgan fingerprint density at radius 1 is 0.792 bits per heavy atom. The number of H-pyrrole nitrogens is 2. The van der Waals surface area contributed by atoms with Crippen LogP contribution in [0.5, 0.6) is 0 Å². The second-order valence-electron chi connectivity index (χ2n) is 5.57. The fraction of sp³-hybridized carbons (Fsp3) is 0.176. The Morgan fingerprint density at radius 2 is 1.21 bits per heavy atom. The molecule has 5 nitrogen and oxygen atoms in total. The van der Waals surface area contributed by atoms with Crippen molar-refractivity contribution in [3.05, 3.63) is 60.2 Å². The quantitative estimate of drug-likeness (QED) is 0.570. The fourth-order valence-electron chi connectivity index (χ4n) is 2.73. The van der Waals surface area contributed by atoms with Crippen LogP contribution in [0.4, 0.5) is 0 Å². The maximum Gasteiger partial charge on any atom is 0.121 e. The molecular formula is C17H18ClCrN5. The summed E-state index contributed by atoms with van der Waals surface area (Å²) in [5, 5.41) is 0. The number of rotatable bonds is 4. The van der Waals surface area contributed by atoms with E-state index in [0.717, 1.165) is 46.8 Å². The molecule has 4 aromatic rings. The van der Waals surface area contributed by atoms with Gasteiger partial charge < -0.3 is 9.97 Å². The number of benzene rings is 2. The third-order valence-electron chi connectivity index (χ3n) is 3.72. The van der Waals surface area contributed by atoms with Gasteiger partial charge in [-0.05, 0) is 31.3 Å². The molecule has 2 aromatic carbocycles. The number of imidazole rings is 2. The molecule has 0 saturated carbocycles. The Balaban J connectivity index is 0.00000104. The third kappa shape index (κ3) is 3.80. The predicted molar refractivity (Wildman–Crippen MR) is 94.6 cm³/mol. The fourth-order valence-corrected chi connectivity index (χ4v) is 2.73. The largest absolute Gasteiger partial charge is 0.341 e. The Bertz CT molecular complexity index is 791. The molecule has 2 N–H and O–H groups in total. The summed E-state index contributed by atoms with van der Waals surface area (Å²) >= 11 is 0. The van der Waals surface area contributed by atoms with E-state index >= 15 is 0 Å². The van der Waals surface area contributed by atoms with Gasteiger partial charge in [0.2, 0.25) is 0 Å². The van der Waals surface area contributed by atoms with E-state index in [4.69, 9.17) is 0 Å². The number of aromatic amines is 2. The third-order valence-corrected chi connectivity index (χ3v) is 3.72. The van der Waals surface area contributed by atoms with Gasteiger partial charge in [0.15, 0.2) is 0 Å². The minimum absolute atomic E-state index is 0. The van der Waals surface area contributed by atoms with Gasteiger partial charge in [-0.15, -0.1) is 12.4 Å². The van der Waals surface area contributed by atoms with Gasteiger partial charge >= 0.3 is 0 Å². The van der Waals surface area contributed by atoms with E-state index in [0.29, 0.717) is 0 Å². The Hall–Kier alpha value is -1.84. The Morgan fingerprint density at radius 3 is 1.62 bits per heavy atom. The van der Waals surface area contributed by atoms with Crippen LogP contribution in [0.2, 0.25) is 0 Å². The van der Waals surface area contributed by atoms with E-state index in [1.807, 2.05) is 48.5 Å². The Labute approximate surface area is 157 Å². The molecule has 24 heavy (non-hydrogen) atoms. The van der Waals surface area contributed by atoms with Crippen molar-refractivity contribution >= 4 is 34.5 Å². The molecule has 4 rings (SSSR count). The van der Waals surface area contributed by atoms with Crippen LogP contribution in [0.1, 0.15) is 11.6 Å². The van der Waals surface area contributed by atoms with Crippen molar-refractivity contribution in [3.8, 4) is 0 Å². The van der Waals surface area contributed by atoms with E-state index < -0.39 is 0 Å². The van der Waals surface area contributed by atoms with Crippen LogP contribution in [0, 0.1) is 0 Å². The van der Waals surface area contributed by atoms with Crippen LogP contribution in [-0.4, -0.2) is 31.9 Å². The molecule has 0 bridgehead atoms. The van der Waals surface area contributed by atoms with Crippen LogP contribution in [0.3, 0.4) is 0 Å². The van der Waals surface area contributed by atoms with Crippen molar-refractivity contribution in [1.29, 1.82) is 0 Å². The van der Waals surface area contributed by atoms with Crippen molar-refractivity contribution in [2.45, 2.75) is 13.1 Å².